The van der Waals surface area contributed by atoms with E-state index in [9.17, 15) is 4.39 Å². The number of phenols is 1. The number of aromatic hydroxyl groups is 1. The molecule has 0 radical (unpaired) electrons. The largest absolute Gasteiger partial charge is 0.508 e. The number of rotatable bonds is 2. The lowest BCUT2D eigenvalue weighted by Crippen LogP contribution is -2.20. The Morgan fingerprint density at radius 3 is 2.62 bits per heavy atom. The Balaban J connectivity index is 2.41. The predicted molar refractivity (Wildman–Crippen MR) is 48.0 cm³/mol. The minimum absolute atomic E-state index is 0.0333. The molecule has 13 heavy (non-hydrogen) atoms. The van der Waals surface area contributed by atoms with Crippen LogP contribution >= 0.6 is 0 Å². The number of hydrogen-bond acceptors (Lipinski definition) is 2. The maximum atomic E-state index is 13.4. The molecule has 3 heteroatoms. The van der Waals surface area contributed by atoms with Crippen molar-refractivity contribution >= 4 is 0 Å². The molecule has 0 atom stereocenters. The van der Waals surface area contributed by atoms with E-state index in [0.29, 0.717) is 12.1 Å². The van der Waals surface area contributed by atoms with Crippen LogP contribution in [-0.2, 0) is 5.41 Å². The second-order valence-electron chi connectivity index (χ2n) is 3.65. The molecule has 1 aromatic carbocycles. The molecule has 0 aromatic heterocycles. The van der Waals surface area contributed by atoms with E-state index < -0.39 is 0 Å². The van der Waals surface area contributed by atoms with Crippen LogP contribution in [0.5, 0.6) is 5.75 Å². The summed E-state index contributed by atoms with van der Waals surface area (Å²) in [6.07, 6.45) is 1.90. The first-order chi connectivity index (χ1) is 6.18. The van der Waals surface area contributed by atoms with Gasteiger partial charge in [0.2, 0.25) is 0 Å². The Labute approximate surface area is 76.2 Å². The summed E-state index contributed by atoms with van der Waals surface area (Å²) in [4.78, 5) is 0. The number of hydrogen-bond donors (Lipinski definition) is 2. The van der Waals surface area contributed by atoms with Gasteiger partial charge in [0.1, 0.15) is 11.6 Å². The second-order valence-corrected chi connectivity index (χ2v) is 3.65. The number of halogens is 1. The van der Waals surface area contributed by atoms with Crippen molar-refractivity contribution in [1.29, 1.82) is 0 Å². The SMILES string of the molecule is NCC1(c2ccc(O)cc2F)CC1. The monoisotopic (exact) mass is 181 g/mol. The fourth-order valence-corrected chi connectivity index (χ4v) is 1.67. The molecule has 0 unspecified atom stereocenters. The molecular formula is C10H12FNO. The minimum Gasteiger partial charge on any atom is -0.508 e. The second kappa shape index (κ2) is 2.70. The zero-order valence-corrected chi connectivity index (χ0v) is 7.26. The number of benzene rings is 1. The van der Waals surface area contributed by atoms with E-state index in [-0.39, 0.29) is 17.0 Å². The predicted octanol–water partition coefficient (Wildman–Crippen LogP) is 1.52. The van der Waals surface area contributed by atoms with Crippen LogP contribution in [0.15, 0.2) is 18.2 Å². The average molecular weight is 181 g/mol. The summed E-state index contributed by atoms with van der Waals surface area (Å²) in [5.41, 5.74) is 6.08. The van der Waals surface area contributed by atoms with Gasteiger partial charge in [-0.05, 0) is 24.5 Å². The van der Waals surface area contributed by atoms with Gasteiger partial charge in [-0.1, -0.05) is 6.07 Å². The molecular weight excluding hydrogens is 169 g/mol. The van der Waals surface area contributed by atoms with Crippen LogP contribution in [0.1, 0.15) is 18.4 Å². The van der Waals surface area contributed by atoms with Crippen LogP contribution in [0.4, 0.5) is 4.39 Å². The standard InChI is InChI=1S/C10H12FNO/c11-9-5-7(13)1-2-8(9)10(6-12)3-4-10/h1-2,5,13H,3-4,6,12H2. The lowest BCUT2D eigenvalue weighted by atomic mass is 9.95. The molecule has 3 N–H and O–H groups in total. The summed E-state index contributed by atoms with van der Waals surface area (Å²) < 4.78 is 13.4. The van der Waals surface area contributed by atoms with E-state index in [2.05, 4.69) is 0 Å². The summed E-state index contributed by atoms with van der Waals surface area (Å²) in [5, 5.41) is 9.03. The highest BCUT2D eigenvalue weighted by atomic mass is 19.1. The third-order valence-electron chi connectivity index (χ3n) is 2.77. The normalized spacial score (nSPS) is 18.6. The van der Waals surface area contributed by atoms with Crippen molar-refractivity contribution in [2.45, 2.75) is 18.3 Å². The van der Waals surface area contributed by atoms with Gasteiger partial charge in [0.15, 0.2) is 0 Å². The zero-order valence-electron chi connectivity index (χ0n) is 7.26. The fraction of sp³-hybridized carbons (Fsp3) is 0.400. The van der Waals surface area contributed by atoms with Gasteiger partial charge in [0.25, 0.3) is 0 Å². The Hall–Kier alpha value is -1.09. The van der Waals surface area contributed by atoms with Crippen molar-refractivity contribution in [2.75, 3.05) is 6.54 Å². The van der Waals surface area contributed by atoms with Crippen LogP contribution < -0.4 is 5.73 Å². The molecule has 2 nitrogen and oxygen atoms in total. The van der Waals surface area contributed by atoms with Gasteiger partial charge >= 0.3 is 0 Å². The van der Waals surface area contributed by atoms with E-state index in [1.165, 1.54) is 6.07 Å². The maximum absolute atomic E-state index is 13.4. The molecule has 1 fully saturated rings. The van der Waals surface area contributed by atoms with Crippen molar-refractivity contribution in [3.8, 4) is 5.75 Å². The molecule has 0 aliphatic heterocycles. The maximum Gasteiger partial charge on any atom is 0.130 e. The highest BCUT2D eigenvalue weighted by molar-refractivity contribution is 5.37. The summed E-state index contributed by atoms with van der Waals surface area (Å²) in [5.74, 6) is -0.378. The van der Waals surface area contributed by atoms with Gasteiger partial charge < -0.3 is 10.8 Å². The van der Waals surface area contributed by atoms with E-state index >= 15 is 0 Å². The summed E-state index contributed by atoms with van der Waals surface area (Å²) >= 11 is 0. The molecule has 0 spiro atoms. The Kier molecular flexibility index (Phi) is 1.77. The average Bonchev–Trinajstić information content (AvgIpc) is 2.85. The molecule has 0 amide bonds. The minimum atomic E-state index is -0.344. The van der Waals surface area contributed by atoms with Gasteiger partial charge in [-0.25, -0.2) is 4.39 Å². The topological polar surface area (TPSA) is 46.2 Å². The van der Waals surface area contributed by atoms with Crippen molar-refractivity contribution in [3.63, 3.8) is 0 Å². The van der Waals surface area contributed by atoms with E-state index in [1.807, 2.05) is 0 Å². The first-order valence-electron chi connectivity index (χ1n) is 4.37. The van der Waals surface area contributed by atoms with Crippen molar-refractivity contribution in [2.24, 2.45) is 5.73 Å². The molecule has 0 saturated heterocycles. The number of phenolic OH excluding ortho intramolecular Hbond substituents is 1. The van der Waals surface area contributed by atoms with E-state index in [1.54, 1.807) is 6.07 Å². The van der Waals surface area contributed by atoms with Crippen molar-refractivity contribution < 1.29 is 9.50 Å². The molecule has 0 bridgehead atoms. The molecule has 1 aliphatic carbocycles. The van der Waals surface area contributed by atoms with E-state index in [0.717, 1.165) is 18.9 Å². The summed E-state index contributed by atoms with van der Waals surface area (Å²) in [6, 6.07) is 4.28. The van der Waals surface area contributed by atoms with Gasteiger partial charge in [0.05, 0.1) is 0 Å². The molecule has 1 aromatic rings. The molecule has 1 saturated carbocycles. The Bertz CT molecular complexity index is 334. The van der Waals surface area contributed by atoms with E-state index in [4.69, 9.17) is 10.8 Å². The Morgan fingerprint density at radius 2 is 2.15 bits per heavy atom. The van der Waals surface area contributed by atoms with Crippen LogP contribution in [0.3, 0.4) is 0 Å². The first kappa shape index (κ1) is 8.51. The highest BCUT2D eigenvalue weighted by Gasteiger charge is 2.44. The van der Waals surface area contributed by atoms with Crippen LogP contribution in [-0.4, -0.2) is 11.7 Å². The van der Waals surface area contributed by atoms with Crippen molar-refractivity contribution in [1.82, 2.24) is 0 Å². The lowest BCUT2D eigenvalue weighted by Gasteiger charge is -2.13. The third kappa shape index (κ3) is 1.29. The van der Waals surface area contributed by atoms with Gasteiger partial charge in [-0.2, -0.15) is 0 Å². The van der Waals surface area contributed by atoms with Gasteiger partial charge in [0, 0.05) is 18.0 Å². The smallest absolute Gasteiger partial charge is 0.130 e. The summed E-state index contributed by atoms with van der Waals surface area (Å²) in [6.45, 7) is 0.481. The molecule has 2 rings (SSSR count). The van der Waals surface area contributed by atoms with Crippen molar-refractivity contribution in [3.05, 3.63) is 29.6 Å². The molecule has 0 heterocycles. The lowest BCUT2D eigenvalue weighted by molar-refractivity contribution is 0.465. The van der Waals surface area contributed by atoms with Crippen LogP contribution in [0, 0.1) is 5.82 Å². The highest BCUT2D eigenvalue weighted by Crippen LogP contribution is 2.48. The van der Waals surface area contributed by atoms with Crippen LogP contribution in [0.2, 0.25) is 0 Å². The van der Waals surface area contributed by atoms with Gasteiger partial charge in [-0.3, -0.25) is 0 Å². The zero-order chi connectivity index (χ0) is 9.47. The third-order valence-corrected chi connectivity index (χ3v) is 2.77. The summed E-state index contributed by atoms with van der Waals surface area (Å²) in [7, 11) is 0. The Morgan fingerprint density at radius 1 is 1.46 bits per heavy atom. The first-order valence-corrected chi connectivity index (χ1v) is 4.37. The quantitative estimate of drug-likeness (QED) is 0.726. The number of nitrogens with two attached hydrogens (primary N) is 1. The van der Waals surface area contributed by atoms with Crippen LogP contribution in [0.25, 0.3) is 0 Å². The fourth-order valence-electron chi connectivity index (χ4n) is 1.67. The molecule has 70 valence electrons. The molecule has 1 aliphatic rings. The van der Waals surface area contributed by atoms with Gasteiger partial charge in [-0.15, -0.1) is 0 Å².